The molecule has 0 spiro atoms. The van der Waals surface area contributed by atoms with E-state index in [4.69, 9.17) is 0 Å². The minimum absolute atomic E-state index is 0.274. The van der Waals surface area contributed by atoms with Gasteiger partial charge in [-0.15, -0.1) is 0 Å². The number of hydrogen-bond acceptors (Lipinski definition) is 4. The van der Waals surface area contributed by atoms with Gasteiger partial charge < -0.3 is 10.3 Å². The summed E-state index contributed by atoms with van der Waals surface area (Å²) < 4.78 is 1.74. The molecule has 0 saturated carbocycles. The summed E-state index contributed by atoms with van der Waals surface area (Å²) in [4.78, 5) is 31.0. The van der Waals surface area contributed by atoms with Crippen LogP contribution in [0.4, 0.5) is 0 Å². The van der Waals surface area contributed by atoms with Crippen molar-refractivity contribution >= 4 is 16.8 Å². The SMILES string of the molecule is O=C(NCc1ccc(Cn2cncn2)cc1)c1cc(=O)[nH]c2ccccc12. The van der Waals surface area contributed by atoms with Gasteiger partial charge in [-0.05, 0) is 17.2 Å². The molecule has 2 aromatic carbocycles. The Hall–Kier alpha value is -3.74. The number of pyridine rings is 1. The Morgan fingerprint density at radius 2 is 1.85 bits per heavy atom. The van der Waals surface area contributed by atoms with Crippen molar-refractivity contribution in [1.29, 1.82) is 0 Å². The molecule has 27 heavy (non-hydrogen) atoms. The molecule has 4 rings (SSSR count). The average Bonchev–Trinajstić information content (AvgIpc) is 3.19. The summed E-state index contributed by atoms with van der Waals surface area (Å²) in [5.74, 6) is -0.274. The van der Waals surface area contributed by atoms with Gasteiger partial charge in [-0.25, -0.2) is 9.67 Å². The number of nitrogens with one attached hydrogen (secondary N) is 2. The molecule has 7 nitrogen and oxygen atoms in total. The maximum Gasteiger partial charge on any atom is 0.252 e. The first kappa shape index (κ1) is 16.7. The number of benzene rings is 2. The van der Waals surface area contributed by atoms with Gasteiger partial charge in [-0.2, -0.15) is 5.10 Å². The molecule has 4 aromatic rings. The normalized spacial score (nSPS) is 10.8. The van der Waals surface area contributed by atoms with E-state index < -0.39 is 0 Å². The number of aromatic amines is 1. The van der Waals surface area contributed by atoms with Crippen molar-refractivity contribution in [3.05, 3.63) is 94.3 Å². The Morgan fingerprint density at radius 1 is 1.07 bits per heavy atom. The molecule has 7 heteroatoms. The van der Waals surface area contributed by atoms with E-state index in [2.05, 4.69) is 20.4 Å². The lowest BCUT2D eigenvalue weighted by Crippen LogP contribution is -2.24. The quantitative estimate of drug-likeness (QED) is 0.571. The highest BCUT2D eigenvalue weighted by molar-refractivity contribution is 6.05. The Morgan fingerprint density at radius 3 is 2.63 bits per heavy atom. The van der Waals surface area contributed by atoms with Crippen LogP contribution in [0.5, 0.6) is 0 Å². The summed E-state index contributed by atoms with van der Waals surface area (Å²) in [5.41, 5.74) is 2.79. The van der Waals surface area contributed by atoms with Crippen LogP contribution in [0.15, 0.2) is 72.0 Å². The summed E-state index contributed by atoms with van der Waals surface area (Å²) in [7, 11) is 0. The molecule has 2 heterocycles. The van der Waals surface area contributed by atoms with E-state index in [-0.39, 0.29) is 11.5 Å². The predicted octanol–water partition coefficient (Wildman–Crippen LogP) is 2.10. The summed E-state index contributed by atoms with van der Waals surface area (Å²) in [6, 6.07) is 16.5. The summed E-state index contributed by atoms with van der Waals surface area (Å²) in [5, 5.41) is 7.68. The molecule has 2 N–H and O–H groups in total. The fraction of sp³-hybridized carbons (Fsp3) is 0.100. The van der Waals surface area contributed by atoms with Crippen molar-refractivity contribution in [2.45, 2.75) is 13.1 Å². The van der Waals surface area contributed by atoms with Crippen LogP contribution in [0, 0.1) is 0 Å². The van der Waals surface area contributed by atoms with Crippen LogP contribution >= 0.6 is 0 Å². The zero-order valence-corrected chi connectivity index (χ0v) is 14.4. The van der Waals surface area contributed by atoms with Crippen molar-refractivity contribution in [3.63, 3.8) is 0 Å². The lowest BCUT2D eigenvalue weighted by Gasteiger charge is -2.09. The summed E-state index contributed by atoms with van der Waals surface area (Å²) in [6.45, 7) is 1.02. The molecule has 0 aliphatic carbocycles. The van der Waals surface area contributed by atoms with Gasteiger partial charge in [-0.3, -0.25) is 9.59 Å². The second-order valence-electron chi connectivity index (χ2n) is 6.19. The topological polar surface area (TPSA) is 92.7 Å². The molecule has 0 aliphatic rings. The van der Waals surface area contributed by atoms with Crippen LogP contribution in [0.2, 0.25) is 0 Å². The monoisotopic (exact) mass is 359 g/mol. The molecule has 0 saturated heterocycles. The van der Waals surface area contributed by atoms with E-state index in [1.165, 1.54) is 12.4 Å². The largest absolute Gasteiger partial charge is 0.348 e. The number of hydrogen-bond donors (Lipinski definition) is 2. The second-order valence-corrected chi connectivity index (χ2v) is 6.19. The van der Waals surface area contributed by atoms with E-state index in [9.17, 15) is 9.59 Å². The van der Waals surface area contributed by atoms with Crippen molar-refractivity contribution in [1.82, 2.24) is 25.1 Å². The van der Waals surface area contributed by atoms with E-state index in [1.807, 2.05) is 42.5 Å². The Balaban J connectivity index is 1.46. The predicted molar refractivity (Wildman–Crippen MR) is 101 cm³/mol. The number of H-pyrrole nitrogens is 1. The van der Waals surface area contributed by atoms with Gasteiger partial charge in [0.25, 0.3) is 5.91 Å². The van der Waals surface area contributed by atoms with Gasteiger partial charge >= 0.3 is 0 Å². The highest BCUT2D eigenvalue weighted by Crippen LogP contribution is 2.14. The third kappa shape index (κ3) is 3.77. The number of amides is 1. The number of aromatic nitrogens is 4. The van der Waals surface area contributed by atoms with Crippen LogP contribution in [-0.4, -0.2) is 25.7 Å². The lowest BCUT2D eigenvalue weighted by atomic mass is 10.1. The van der Waals surface area contributed by atoms with Crippen molar-refractivity contribution in [2.75, 3.05) is 0 Å². The molecular formula is C20H17N5O2. The van der Waals surface area contributed by atoms with Gasteiger partial charge in [0, 0.05) is 23.5 Å². The second kappa shape index (κ2) is 7.25. The van der Waals surface area contributed by atoms with Crippen LogP contribution in [-0.2, 0) is 13.1 Å². The minimum atomic E-state index is -0.295. The van der Waals surface area contributed by atoms with Crippen LogP contribution < -0.4 is 10.9 Å². The number of rotatable bonds is 5. The number of carbonyl (C=O) groups excluding carboxylic acids is 1. The molecule has 0 aliphatic heterocycles. The first-order valence-corrected chi connectivity index (χ1v) is 8.49. The van der Waals surface area contributed by atoms with E-state index in [1.54, 1.807) is 17.1 Å². The molecule has 0 unspecified atom stereocenters. The molecule has 2 aromatic heterocycles. The summed E-state index contributed by atoms with van der Waals surface area (Å²) in [6.07, 6.45) is 3.17. The fourth-order valence-electron chi connectivity index (χ4n) is 2.93. The van der Waals surface area contributed by atoms with Crippen LogP contribution in [0.3, 0.4) is 0 Å². The van der Waals surface area contributed by atoms with Crippen LogP contribution in [0.25, 0.3) is 10.9 Å². The van der Waals surface area contributed by atoms with Crippen molar-refractivity contribution in [2.24, 2.45) is 0 Å². The molecular weight excluding hydrogens is 342 g/mol. The zero-order chi connectivity index (χ0) is 18.6. The Labute approximate surface area is 154 Å². The maximum atomic E-state index is 12.6. The first-order chi connectivity index (χ1) is 13.2. The number of carbonyl (C=O) groups is 1. The zero-order valence-electron chi connectivity index (χ0n) is 14.4. The Kier molecular flexibility index (Phi) is 4.49. The smallest absolute Gasteiger partial charge is 0.252 e. The third-order valence-corrected chi connectivity index (χ3v) is 4.28. The molecule has 0 atom stereocenters. The van der Waals surface area contributed by atoms with Gasteiger partial charge in [-0.1, -0.05) is 42.5 Å². The fourth-order valence-corrected chi connectivity index (χ4v) is 2.93. The van der Waals surface area contributed by atoms with Crippen molar-refractivity contribution < 1.29 is 4.79 Å². The standard InChI is InChI=1S/C20H17N5O2/c26-19-9-17(16-3-1-2-4-18(16)24-19)20(27)22-10-14-5-7-15(8-6-14)11-25-13-21-12-23-25/h1-9,12-13H,10-11H2,(H,22,27)(H,24,26). The highest BCUT2D eigenvalue weighted by Gasteiger charge is 2.11. The molecule has 0 radical (unpaired) electrons. The lowest BCUT2D eigenvalue weighted by molar-refractivity contribution is 0.0952. The van der Waals surface area contributed by atoms with E-state index in [0.29, 0.717) is 24.2 Å². The minimum Gasteiger partial charge on any atom is -0.348 e. The average molecular weight is 359 g/mol. The Bertz CT molecular complexity index is 1130. The van der Waals surface area contributed by atoms with Gasteiger partial charge in [0.15, 0.2) is 0 Å². The highest BCUT2D eigenvalue weighted by atomic mass is 16.2. The van der Waals surface area contributed by atoms with Crippen LogP contribution in [0.1, 0.15) is 21.5 Å². The molecule has 0 bridgehead atoms. The number of para-hydroxylation sites is 1. The number of nitrogens with zero attached hydrogens (tertiary/aromatic N) is 3. The summed E-state index contributed by atoms with van der Waals surface area (Å²) >= 11 is 0. The molecule has 0 fully saturated rings. The van der Waals surface area contributed by atoms with E-state index in [0.717, 1.165) is 16.5 Å². The first-order valence-electron chi connectivity index (χ1n) is 8.49. The maximum absolute atomic E-state index is 12.6. The van der Waals surface area contributed by atoms with Gasteiger partial charge in [0.05, 0.1) is 12.1 Å². The van der Waals surface area contributed by atoms with Gasteiger partial charge in [0.2, 0.25) is 5.56 Å². The molecule has 134 valence electrons. The van der Waals surface area contributed by atoms with Gasteiger partial charge in [0.1, 0.15) is 12.7 Å². The van der Waals surface area contributed by atoms with Crippen molar-refractivity contribution in [3.8, 4) is 0 Å². The number of fused-ring (bicyclic) bond motifs is 1. The third-order valence-electron chi connectivity index (χ3n) is 4.28. The van der Waals surface area contributed by atoms with E-state index >= 15 is 0 Å². The molecule has 1 amide bonds.